The van der Waals surface area contributed by atoms with E-state index in [1.54, 1.807) is 19.4 Å². The van der Waals surface area contributed by atoms with E-state index in [4.69, 9.17) is 0 Å². The molecule has 0 aromatic rings. The first-order chi connectivity index (χ1) is 14.0. The summed E-state index contributed by atoms with van der Waals surface area (Å²) in [5.74, 6) is 1.89. The van der Waals surface area contributed by atoms with E-state index >= 15 is 0 Å². The van der Waals surface area contributed by atoms with Crippen molar-refractivity contribution in [2.24, 2.45) is 23.2 Å². The maximum absolute atomic E-state index is 10.3. The topological polar surface area (TPSA) is 60.7 Å². The van der Waals surface area contributed by atoms with E-state index in [1.165, 1.54) is 43.3 Å². The van der Waals surface area contributed by atoms with Gasteiger partial charge in [0.1, 0.15) is 0 Å². The number of aliphatic hydroxyl groups is 3. The number of hydrogen-bond donors (Lipinski definition) is 3. The number of aliphatic hydroxyl groups excluding tert-OH is 2. The highest BCUT2D eigenvalue weighted by Gasteiger charge is 2.50. The second-order valence-corrected chi connectivity index (χ2v) is 11.3. The quantitative estimate of drug-likeness (QED) is 0.520. The highest BCUT2D eigenvalue weighted by atomic mass is 16.3. The van der Waals surface area contributed by atoms with Crippen molar-refractivity contribution in [3.63, 3.8) is 0 Å². The standard InChI is InChI=1S/C27H44O3/c1-18-8-12-22(28)17-21(18)11-10-20-7-6-16-27(5)23(13-14-24(20)27)19(2)9-15-25(29)26(3,4)30/h10-11,19,22-25,28-30H,1,6-9,12-17H2,2-5H3/b20-10+,21-11-/t19-,22-,23-,24?,25-,27-/m1/s1. The first kappa shape index (κ1) is 23.8. The van der Waals surface area contributed by atoms with Crippen LogP contribution in [0.4, 0.5) is 0 Å². The Kier molecular flexibility index (Phi) is 7.37. The summed E-state index contributed by atoms with van der Waals surface area (Å²) in [5.41, 5.74) is 3.34. The summed E-state index contributed by atoms with van der Waals surface area (Å²) in [6, 6.07) is 0. The minimum atomic E-state index is -1.02. The van der Waals surface area contributed by atoms with Crippen LogP contribution in [0.1, 0.15) is 91.9 Å². The molecule has 1 unspecified atom stereocenters. The molecule has 6 atom stereocenters. The third-order valence-electron chi connectivity index (χ3n) is 8.62. The van der Waals surface area contributed by atoms with Gasteiger partial charge in [0.05, 0.1) is 17.8 Å². The van der Waals surface area contributed by atoms with Crippen molar-refractivity contribution in [1.29, 1.82) is 0 Å². The molecular weight excluding hydrogens is 372 g/mol. The predicted molar refractivity (Wildman–Crippen MR) is 124 cm³/mol. The number of allylic oxidation sites excluding steroid dienone is 4. The Bertz CT molecular complexity index is 683. The summed E-state index contributed by atoms with van der Waals surface area (Å²) < 4.78 is 0. The molecule has 0 aromatic heterocycles. The van der Waals surface area contributed by atoms with Crippen molar-refractivity contribution >= 4 is 0 Å². The molecule has 0 aliphatic heterocycles. The molecule has 30 heavy (non-hydrogen) atoms. The van der Waals surface area contributed by atoms with E-state index in [2.05, 4.69) is 32.6 Å². The van der Waals surface area contributed by atoms with Gasteiger partial charge in [0, 0.05) is 0 Å². The molecule has 3 aliphatic carbocycles. The summed E-state index contributed by atoms with van der Waals surface area (Å²) in [6.07, 6.45) is 14.1. The molecule has 3 aliphatic rings. The van der Waals surface area contributed by atoms with Crippen molar-refractivity contribution in [2.75, 3.05) is 0 Å². The lowest BCUT2D eigenvalue weighted by Gasteiger charge is -2.44. The molecule has 0 heterocycles. The molecule has 0 bridgehead atoms. The second-order valence-electron chi connectivity index (χ2n) is 11.3. The van der Waals surface area contributed by atoms with E-state index in [1.807, 2.05) is 0 Å². The molecule has 0 saturated heterocycles. The third-order valence-corrected chi connectivity index (χ3v) is 8.62. The largest absolute Gasteiger partial charge is 0.393 e. The summed E-state index contributed by atoms with van der Waals surface area (Å²) in [5, 5.41) is 30.3. The van der Waals surface area contributed by atoms with E-state index in [9.17, 15) is 15.3 Å². The average molecular weight is 417 g/mol. The van der Waals surface area contributed by atoms with Crippen molar-refractivity contribution < 1.29 is 15.3 Å². The van der Waals surface area contributed by atoms with Crippen LogP contribution in [0.3, 0.4) is 0 Å². The van der Waals surface area contributed by atoms with E-state index in [0.717, 1.165) is 25.7 Å². The van der Waals surface area contributed by atoms with Gasteiger partial charge in [-0.3, -0.25) is 0 Å². The van der Waals surface area contributed by atoms with Crippen LogP contribution >= 0.6 is 0 Å². The van der Waals surface area contributed by atoms with Crippen molar-refractivity contribution in [1.82, 2.24) is 0 Å². The molecule has 3 saturated carbocycles. The average Bonchev–Trinajstić information content (AvgIpc) is 3.03. The molecule has 0 aromatic carbocycles. The fraction of sp³-hybridized carbons (Fsp3) is 0.778. The van der Waals surface area contributed by atoms with Gasteiger partial charge < -0.3 is 15.3 Å². The van der Waals surface area contributed by atoms with Gasteiger partial charge in [0.2, 0.25) is 0 Å². The molecule has 3 N–H and O–H groups in total. The molecule has 3 rings (SSSR count). The Morgan fingerprint density at radius 1 is 1.17 bits per heavy atom. The van der Waals surface area contributed by atoms with Gasteiger partial charge in [0.15, 0.2) is 0 Å². The van der Waals surface area contributed by atoms with Gasteiger partial charge in [-0.25, -0.2) is 0 Å². The van der Waals surface area contributed by atoms with E-state index in [-0.39, 0.29) is 6.10 Å². The summed E-state index contributed by atoms with van der Waals surface area (Å²) in [4.78, 5) is 0. The van der Waals surface area contributed by atoms with Crippen LogP contribution in [0.15, 0.2) is 35.5 Å². The Morgan fingerprint density at radius 2 is 1.90 bits per heavy atom. The van der Waals surface area contributed by atoms with Crippen LogP contribution in [0.2, 0.25) is 0 Å². The Hall–Kier alpha value is -0.900. The summed E-state index contributed by atoms with van der Waals surface area (Å²) in [7, 11) is 0. The Morgan fingerprint density at radius 3 is 2.60 bits per heavy atom. The van der Waals surface area contributed by atoms with E-state index in [0.29, 0.717) is 29.6 Å². The fourth-order valence-electron chi connectivity index (χ4n) is 6.58. The predicted octanol–water partition coefficient (Wildman–Crippen LogP) is 5.70. The van der Waals surface area contributed by atoms with Gasteiger partial charge >= 0.3 is 0 Å². The van der Waals surface area contributed by atoms with Gasteiger partial charge in [-0.05, 0) is 107 Å². The summed E-state index contributed by atoms with van der Waals surface area (Å²) >= 11 is 0. The van der Waals surface area contributed by atoms with Gasteiger partial charge in [-0.1, -0.05) is 43.7 Å². The SMILES string of the molecule is C=C1CC[C@@H](O)C/C1=C/C=C1\CCC[C@@]2(C)C1CC[C@@H]2[C@H](C)CC[C@@H](O)C(C)(C)O. The van der Waals surface area contributed by atoms with Gasteiger partial charge in [-0.15, -0.1) is 0 Å². The van der Waals surface area contributed by atoms with Crippen LogP contribution in [0.25, 0.3) is 0 Å². The molecule has 3 fully saturated rings. The van der Waals surface area contributed by atoms with Crippen LogP contribution in [-0.2, 0) is 0 Å². The monoisotopic (exact) mass is 416 g/mol. The van der Waals surface area contributed by atoms with Gasteiger partial charge in [-0.2, -0.15) is 0 Å². The zero-order chi connectivity index (χ0) is 22.1. The van der Waals surface area contributed by atoms with Crippen molar-refractivity contribution in [3.05, 3.63) is 35.5 Å². The zero-order valence-corrected chi connectivity index (χ0v) is 19.7. The van der Waals surface area contributed by atoms with Gasteiger partial charge in [0.25, 0.3) is 0 Å². The molecule has 3 nitrogen and oxygen atoms in total. The molecule has 0 spiro atoms. The number of hydrogen-bond acceptors (Lipinski definition) is 3. The third kappa shape index (κ3) is 5.11. The molecule has 170 valence electrons. The lowest BCUT2D eigenvalue weighted by Crippen LogP contribution is -2.38. The Labute approximate surface area is 184 Å². The smallest absolute Gasteiger partial charge is 0.0849 e. The number of fused-ring (bicyclic) bond motifs is 1. The zero-order valence-electron chi connectivity index (χ0n) is 19.7. The van der Waals surface area contributed by atoms with Crippen LogP contribution < -0.4 is 0 Å². The van der Waals surface area contributed by atoms with Crippen molar-refractivity contribution in [3.8, 4) is 0 Å². The first-order valence-corrected chi connectivity index (χ1v) is 12.2. The minimum absolute atomic E-state index is 0.215. The van der Waals surface area contributed by atoms with Crippen molar-refractivity contribution in [2.45, 2.75) is 110 Å². The molecule has 3 heteroatoms. The Balaban J connectivity index is 1.69. The maximum atomic E-state index is 10.3. The lowest BCUT2D eigenvalue weighted by molar-refractivity contribution is -0.0554. The normalized spacial score (nSPS) is 37.4. The highest BCUT2D eigenvalue weighted by molar-refractivity contribution is 5.36. The second kappa shape index (κ2) is 9.30. The molecule has 0 amide bonds. The number of rotatable bonds is 6. The molecule has 0 radical (unpaired) electrons. The highest BCUT2D eigenvalue weighted by Crippen LogP contribution is 2.60. The van der Waals surface area contributed by atoms with Crippen LogP contribution in [-0.4, -0.2) is 33.1 Å². The van der Waals surface area contributed by atoms with E-state index < -0.39 is 11.7 Å². The van der Waals surface area contributed by atoms with Crippen LogP contribution in [0.5, 0.6) is 0 Å². The fourth-order valence-corrected chi connectivity index (χ4v) is 6.58. The maximum Gasteiger partial charge on any atom is 0.0849 e. The summed E-state index contributed by atoms with van der Waals surface area (Å²) in [6.45, 7) is 12.5. The lowest BCUT2D eigenvalue weighted by atomic mass is 9.60. The van der Waals surface area contributed by atoms with Crippen LogP contribution in [0, 0.1) is 23.2 Å². The first-order valence-electron chi connectivity index (χ1n) is 12.2. The molecular formula is C27H44O3. The minimum Gasteiger partial charge on any atom is -0.393 e.